The van der Waals surface area contributed by atoms with Gasteiger partial charge >= 0.3 is 5.97 Å². The number of hydrogen-bond donors (Lipinski definition) is 2. The fraction of sp³-hybridized carbons (Fsp3) is 0.158. The Kier molecular flexibility index (Phi) is 5.07. The molecule has 0 saturated heterocycles. The number of phenols is 1. The Morgan fingerprint density at radius 2 is 2.04 bits per heavy atom. The molecule has 0 spiro atoms. The first kappa shape index (κ1) is 17.3. The van der Waals surface area contributed by atoms with Crippen LogP contribution >= 0.6 is 0 Å². The first-order valence-electron chi connectivity index (χ1n) is 7.84. The molecule has 0 saturated carbocycles. The van der Waals surface area contributed by atoms with Crippen molar-refractivity contribution < 1.29 is 28.6 Å². The van der Waals surface area contributed by atoms with Gasteiger partial charge in [-0.25, -0.2) is 0 Å². The van der Waals surface area contributed by atoms with Crippen molar-refractivity contribution in [3.63, 3.8) is 0 Å². The predicted molar refractivity (Wildman–Crippen MR) is 94.2 cm³/mol. The van der Waals surface area contributed by atoms with Crippen LogP contribution in [-0.2, 0) is 20.7 Å². The van der Waals surface area contributed by atoms with E-state index >= 15 is 0 Å². The number of hydrogen-bond acceptors (Lipinski definition) is 6. The molecule has 3 aromatic rings. The molecule has 0 bridgehead atoms. The predicted octanol–water partition coefficient (Wildman–Crippen LogP) is 2.87. The van der Waals surface area contributed by atoms with Gasteiger partial charge in [-0.05, 0) is 24.3 Å². The van der Waals surface area contributed by atoms with Crippen LogP contribution in [0.2, 0.25) is 0 Å². The van der Waals surface area contributed by atoms with Crippen molar-refractivity contribution in [1.82, 2.24) is 0 Å². The topological polar surface area (TPSA) is 98.0 Å². The highest BCUT2D eigenvalue weighted by atomic mass is 16.5. The zero-order valence-corrected chi connectivity index (χ0v) is 14.0. The number of anilines is 1. The van der Waals surface area contributed by atoms with E-state index in [0.717, 1.165) is 0 Å². The fourth-order valence-electron chi connectivity index (χ4n) is 2.46. The van der Waals surface area contributed by atoms with Crippen LogP contribution in [0.5, 0.6) is 11.5 Å². The van der Waals surface area contributed by atoms with Gasteiger partial charge in [-0.1, -0.05) is 6.07 Å². The second-order valence-electron chi connectivity index (χ2n) is 5.56. The van der Waals surface area contributed by atoms with Gasteiger partial charge in [0.2, 0.25) is 0 Å². The summed E-state index contributed by atoms with van der Waals surface area (Å²) in [6, 6.07) is 11.5. The minimum atomic E-state index is -0.554. The van der Waals surface area contributed by atoms with Gasteiger partial charge in [0.25, 0.3) is 5.91 Å². The summed E-state index contributed by atoms with van der Waals surface area (Å²) < 4.78 is 15.4. The molecule has 0 fully saturated rings. The van der Waals surface area contributed by atoms with Crippen LogP contribution in [0, 0.1) is 0 Å². The molecule has 2 aromatic carbocycles. The number of nitrogens with one attached hydrogen (secondary N) is 1. The number of aromatic hydroxyl groups is 1. The third-order valence-corrected chi connectivity index (χ3v) is 3.69. The second-order valence-corrected chi connectivity index (χ2v) is 5.56. The van der Waals surface area contributed by atoms with Gasteiger partial charge in [0.05, 0.1) is 19.8 Å². The average Bonchev–Trinajstić information content (AvgIpc) is 3.02. The minimum Gasteiger partial charge on any atom is -0.508 e. The molecule has 134 valence electrons. The summed E-state index contributed by atoms with van der Waals surface area (Å²) in [5.41, 5.74) is 1.65. The Morgan fingerprint density at radius 1 is 1.19 bits per heavy atom. The molecule has 2 N–H and O–H groups in total. The molecule has 0 atom stereocenters. The largest absolute Gasteiger partial charge is 0.508 e. The summed E-state index contributed by atoms with van der Waals surface area (Å²) >= 11 is 0. The van der Waals surface area contributed by atoms with E-state index in [4.69, 9.17) is 13.9 Å². The fourth-order valence-corrected chi connectivity index (χ4v) is 2.46. The van der Waals surface area contributed by atoms with Crippen molar-refractivity contribution in [3.05, 3.63) is 54.3 Å². The molecule has 3 rings (SSSR count). The number of ether oxygens (including phenoxy) is 2. The average molecular weight is 355 g/mol. The maximum Gasteiger partial charge on any atom is 0.310 e. The SMILES string of the molecule is COc1cccc(NC(=O)COC(=O)Cc2coc3cc(O)ccc23)c1. The smallest absolute Gasteiger partial charge is 0.310 e. The third-order valence-electron chi connectivity index (χ3n) is 3.69. The van der Waals surface area contributed by atoms with Crippen molar-refractivity contribution in [2.24, 2.45) is 0 Å². The maximum atomic E-state index is 12.0. The first-order chi connectivity index (χ1) is 12.5. The van der Waals surface area contributed by atoms with Crippen molar-refractivity contribution in [3.8, 4) is 11.5 Å². The molecule has 0 aliphatic rings. The number of furan rings is 1. The highest BCUT2D eigenvalue weighted by molar-refractivity contribution is 5.93. The zero-order valence-electron chi connectivity index (χ0n) is 14.0. The van der Waals surface area contributed by atoms with Crippen molar-refractivity contribution >= 4 is 28.5 Å². The molecule has 1 heterocycles. The molecule has 7 nitrogen and oxygen atoms in total. The molecule has 1 aromatic heterocycles. The quantitative estimate of drug-likeness (QED) is 0.660. The van der Waals surface area contributed by atoms with E-state index < -0.39 is 18.5 Å². The van der Waals surface area contributed by atoms with E-state index in [2.05, 4.69) is 5.32 Å². The van der Waals surface area contributed by atoms with Gasteiger partial charge < -0.3 is 24.3 Å². The normalized spacial score (nSPS) is 10.5. The van der Waals surface area contributed by atoms with Crippen LogP contribution in [0.15, 0.2) is 53.1 Å². The lowest BCUT2D eigenvalue weighted by molar-refractivity contribution is -0.146. The molecule has 26 heavy (non-hydrogen) atoms. The van der Waals surface area contributed by atoms with E-state index in [1.54, 1.807) is 30.3 Å². The van der Waals surface area contributed by atoms with Crippen LogP contribution in [0.4, 0.5) is 5.69 Å². The summed E-state index contributed by atoms with van der Waals surface area (Å²) in [6.07, 6.45) is 1.39. The van der Waals surface area contributed by atoms with E-state index in [-0.39, 0.29) is 12.2 Å². The lowest BCUT2D eigenvalue weighted by Gasteiger charge is -2.07. The molecule has 0 aliphatic carbocycles. The van der Waals surface area contributed by atoms with Gasteiger partial charge in [0.1, 0.15) is 17.1 Å². The van der Waals surface area contributed by atoms with Crippen LogP contribution in [0.25, 0.3) is 11.0 Å². The van der Waals surface area contributed by atoms with Crippen LogP contribution in [-0.4, -0.2) is 30.7 Å². The summed E-state index contributed by atoms with van der Waals surface area (Å²) in [7, 11) is 1.53. The van der Waals surface area contributed by atoms with Gasteiger partial charge in [0, 0.05) is 28.8 Å². The van der Waals surface area contributed by atoms with Crippen molar-refractivity contribution in [2.45, 2.75) is 6.42 Å². The molecule has 0 aliphatic heterocycles. The van der Waals surface area contributed by atoms with Crippen LogP contribution in [0.3, 0.4) is 0 Å². The van der Waals surface area contributed by atoms with Gasteiger partial charge in [0.15, 0.2) is 6.61 Å². The highest BCUT2D eigenvalue weighted by Crippen LogP contribution is 2.25. The Bertz CT molecular complexity index is 946. The number of carbonyl (C=O) groups is 2. The number of benzene rings is 2. The monoisotopic (exact) mass is 355 g/mol. The molecular weight excluding hydrogens is 338 g/mol. The van der Waals surface area contributed by atoms with Gasteiger partial charge in [-0.2, -0.15) is 0 Å². The molecule has 0 radical (unpaired) electrons. The number of esters is 1. The minimum absolute atomic E-state index is 0.0375. The summed E-state index contributed by atoms with van der Waals surface area (Å²) in [4.78, 5) is 23.9. The molecule has 0 unspecified atom stereocenters. The van der Waals surface area contributed by atoms with Crippen LogP contribution in [0.1, 0.15) is 5.56 Å². The number of rotatable bonds is 6. The Labute approximate surface area is 149 Å². The lowest BCUT2D eigenvalue weighted by Crippen LogP contribution is -2.21. The zero-order chi connectivity index (χ0) is 18.5. The summed E-state index contributed by atoms with van der Waals surface area (Å²) in [6.45, 7) is -0.396. The van der Waals surface area contributed by atoms with E-state index in [9.17, 15) is 14.7 Å². The van der Waals surface area contributed by atoms with E-state index in [1.165, 1.54) is 25.5 Å². The number of methoxy groups -OCH3 is 1. The molecule has 1 amide bonds. The standard InChI is InChI=1S/C19H17NO6/c1-24-15-4-2-3-13(8-15)20-18(22)11-26-19(23)7-12-10-25-17-9-14(21)5-6-16(12)17/h2-6,8-10,21H,7,11H2,1H3,(H,20,22). The van der Waals surface area contributed by atoms with Crippen molar-refractivity contribution in [2.75, 3.05) is 19.0 Å². The number of carbonyl (C=O) groups excluding carboxylic acids is 2. The number of fused-ring (bicyclic) bond motifs is 1. The Morgan fingerprint density at radius 3 is 2.85 bits per heavy atom. The Balaban J connectivity index is 1.53. The number of amides is 1. The second kappa shape index (κ2) is 7.60. The van der Waals surface area contributed by atoms with E-state index in [1.807, 2.05) is 0 Å². The maximum absolute atomic E-state index is 12.0. The third kappa shape index (κ3) is 4.13. The number of phenolic OH excluding ortho intramolecular Hbond substituents is 1. The van der Waals surface area contributed by atoms with E-state index in [0.29, 0.717) is 28.0 Å². The van der Waals surface area contributed by atoms with Gasteiger partial charge in [-0.15, -0.1) is 0 Å². The Hall–Kier alpha value is -3.48. The first-order valence-corrected chi connectivity index (χ1v) is 7.84. The summed E-state index contributed by atoms with van der Waals surface area (Å²) in [5.74, 6) is -0.317. The highest BCUT2D eigenvalue weighted by Gasteiger charge is 2.13. The molecule has 7 heteroatoms. The van der Waals surface area contributed by atoms with Gasteiger partial charge in [-0.3, -0.25) is 9.59 Å². The van der Waals surface area contributed by atoms with Crippen molar-refractivity contribution in [1.29, 1.82) is 0 Å². The lowest BCUT2D eigenvalue weighted by atomic mass is 10.1. The summed E-state index contributed by atoms with van der Waals surface area (Å²) in [5, 5.41) is 12.7. The molecular formula is C19H17NO6. The van der Waals surface area contributed by atoms with Crippen LogP contribution < -0.4 is 10.1 Å².